The average Bonchev–Trinajstić information content (AvgIpc) is 3.03. The van der Waals surface area contributed by atoms with Crippen molar-refractivity contribution in [2.75, 3.05) is 13.7 Å². The van der Waals surface area contributed by atoms with Crippen molar-refractivity contribution in [3.63, 3.8) is 0 Å². The van der Waals surface area contributed by atoms with Gasteiger partial charge in [0.15, 0.2) is 5.78 Å². The second-order valence-electron chi connectivity index (χ2n) is 11.6. The SMILES string of the molecule is COC(=O)C1CCC2C3CN(C(=O)OC(C)(C)C)C4=CC(=O)CC[C@]4(C)C3CC[C@]12C. The molecule has 0 aromatic carbocycles. The lowest BCUT2D eigenvalue weighted by molar-refractivity contribution is -0.153. The highest BCUT2D eigenvalue weighted by Crippen LogP contribution is 2.65. The fourth-order valence-electron chi connectivity index (χ4n) is 7.32. The van der Waals surface area contributed by atoms with Gasteiger partial charge in [-0.25, -0.2) is 4.79 Å². The van der Waals surface area contributed by atoms with Gasteiger partial charge in [-0.15, -0.1) is 0 Å². The van der Waals surface area contributed by atoms with Crippen LogP contribution in [0, 0.1) is 34.5 Å². The van der Waals surface area contributed by atoms with Crippen LogP contribution in [0.4, 0.5) is 4.79 Å². The van der Waals surface area contributed by atoms with Gasteiger partial charge in [-0.05, 0) is 76.0 Å². The largest absolute Gasteiger partial charge is 0.469 e. The number of piperidine rings is 1. The zero-order valence-corrected chi connectivity index (χ0v) is 19.8. The van der Waals surface area contributed by atoms with Gasteiger partial charge in [0.2, 0.25) is 0 Å². The number of carbonyl (C=O) groups excluding carboxylic acids is 3. The highest BCUT2D eigenvalue weighted by Gasteiger charge is 2.62. The molecule has 0 radical (unpaired) electrons. The number of amides is 1. The van der Waals surface area contributed by atoms with Crippen LogP contribution in [0.3, 0.4) is 0 Å². The summed E-state index contributed by atoms with van der Waals surface area (Å²) in [7, 11) is 1.48. The molecule has 172 valence electrons. The number of hydrogen-bond donors (Lipinski definition) is 0. The van der Waals surface area contributed by atoms with Crippen molar-refractivity contribution in [3.05, 3.63) is 11.8 Å². The van der Waals surface area contributed by atoms with Crippen molar-refractivity contribution in [2.45, 2.75) is 78.7 Å². The van der Waals surface area contributed by atoms with E-state index in [1.165, 1.54) is 7.11 Å². The van der Waals surface area contributed by atoms with Crippen molar-refractivity contribution in [3.8, 4) is 0 Å². The minimum atomic E-state index is -0.603. The van der Waals surface area contributed by atoms with Gasteiger partial charge in [0.1, 0.15) is 5.60 Å². The maximum Gasteiger partial charge on any atom is 0.414 e. The number of fused-ring (bicyclic) bond motifs is 5. The molecule has 4 rings (SSSR count). The monoisotopic (exact) mass is 431 g/mol. The molecule has 0 spiro atoms. The zero-order chi connectivity index (χ0) is 22.8. The molecule has 1 amide bonds. The fraction of sp³-hybridized carbons (Fsp3) is 0.800. The molecule has 6 heteroatoms. The summed E-state index contributed by atoms with van der Waals surface area (Å²) in [5.41, 5.74) is -0.0899. The normalized spacial score (nSPS) is 39.7. The first-order valence-corrected chi connectivity index (χ1v) is 11.7. The Morgan fingerprint density at radius 3 is 2.45 bits per heavy atom. The second-order valence-corrected chi connectivity index (χ2v) is 11.6. The molecule has 0 aromatic rings. The molecule has 6 atom stereocenters. The molecule has 31 heavy (non-hydrogen) atoms. The molecule has 3 aliphatic carbocycles. The van der Waals surface area contributed by atoms with E-state index in [1.54, 1.807) is 11.0 Å². The Bertz CT molecular complexity index is 826. The van der Waals surface area contributed by atoms with Crippen LogP contribution in [0.15, 0.2) is 11.8 Å². The van der Waals surface area contributed by atoms with E-state index in [4.69, 9.17) is 9.47 Å². The lowest BCUT2D eigenvalue weighted by atomic mass is 9.49. The lowest BCUT2D eigenvalue weighted by Crippen LogP contribution is -2.59. The third kappa shape index (κ3) is 3.50. The van der Waals surface area contributed by atoms with E-state index in [2.05, 4.69) is 13.8 Å². The van der Waals surface area contributed by atoms with E-state index < -0.39 is 5.60 Å². The predicted octanol–water partition coefficient (Wildman–Crippen LogP) is 4.72. The molecule has 4 aliphatic rings. The molecule has 0 aromatic heterocycles. The first kappa shape index (κ1) is 22.3. The summed E-state index contributed by atoms with van der Waals surface area (Å²) in [6.45, 7) is 10.6. The van der Waals surface area contributed by atoms with Crippen LogP contribution in [0.25, 0.3) is 0 Å². The molecule has 1 saturated heterocycles. The van der Waals surface area contributed by atoms with Gasteiger partial charge in [-0.1, -0.05) is 13.8 Å². The Balaban J connectivity index is 1.72. The van der Waals surface area contributed by atoms with Crippen LogP contribution in [0.5, 0.6) is 0 Å². The Morgan fingerprint density at radius 1 is 1.10 bits per heavy atom. The summed E-state index contributed by atoms with van der Waals surface area (Å²) < 4.78 is 10.9. The number of nitrogens with zero attached hydrogens (tertiary/aromatic N) is 1. The molecule has 0 N–H and O–H groups in total. The first-order valence-electron chi connectivity index (χ1n) is 11.7. The van der Waals surface area contributed by atoms with E-state index in [1.807, 2.05) is 20.8 Å². The standard InChI is InChI=1S/C25H37NO5/c1-23(2,3)31-22(29)26-14-16-17-7-8-19(21(28)30-6)24(17,4)12-10-18(16)25(5)11-9-15(27)13-20(25)26/h13,16-19H,7-12,14H2,1-6H3/t16?,17?,18?,19?,24-,25+/m0/s1. The minimum absolute atomic E-state index is 0.0731. The van der Waals surface area contributed by atoms with Crippen LogP contribution < -0.4 is 0 Å². The van der Waals surface area contributed by atoms with E-state index in [0.29, 0.717) is 24.8 Å². The van der Waals surface area contributed by atoms with Crippen LogP contribution >= 0.6 is 0 Å². The van der Waals surface area contributed by atoms with E-state index in [-0.39, 0.29) is 40.5 Å². The molecule has 1 aliphatic heterocycles. The topological polar surface area (TPSA) is 72.9 Å². The minimum Gasteiger partial charge on any atom is -0.469 e. The van der Waals surface area contributed by atoms with Gasteiger partial charge in [-0.2, -0.15) is 0 Å². The molecule has 1 heterocycles. The molecule has 0 bridgehead atoms. The molecule has 6 nitrogen and oxygen atoms in total. The van der Waals surface area contributed by atoms with Crippen molar-refractivity contribution < 1.29 is 23.9 Å². The summed E-state index contributed by atoms with van der Waals surface area (Å²) in [4.78, 5) is 39.9. The second kappa shape index (κ2) is 7.35. The number of ketones is 1. The van der Waals surface area contributed by atoms with Crippen molar-refractivity contribution in [1.82, 2.24) is 4.90 Å². The average molecular weight is 432 g/mol. The number of rotatable bonds is 1. The van der Waals surface area contributed by atoms with Crippen LogP contribution in [-0.4, -0.2) is 42.0 Å². The maximum atomic E-state index is 13.3. The quantitative estimate of drug-likeness (QED) is 0.562. The van der Waals surface area contributed by atoms with E-state index >= 15 is 0 Å². The smallest absolute Gasteiger partial charge is 0.414 e. The number of methoxy groups -OCH3 is 1. The van der Waals surface area contributed by atoms with Gasteiger partial charge >= 0.3 is 12.1 Å². The van der Waals surface area contributed by atoms with Gasteiger partial charge < -0.3 is 9.47 Å². The summed E-state index contributed by atoms with van der Waals surface area (Å²) in [6, 6.07) is 0. The number of hydrogen-bond acceptors (Lipinski definition) is 5. The molecular weight excluding hydrogens is 394 g/mol. The molecule has 3 fully saturated rings. The number of esters is 1. The van der Waals surface area contributed by atoms with Crippen molar-refractivity contribution in [1.29, 1.82) is 0 Å². The van der Waals surface area contributed by atoms with Gasteiger partial charge in [0.05, 0.1) is 13.0 Å². The Hall–Kier alpha value is -1.85. The van der Waals surface area contributed by atoms with Crippen molar-refractivity contribution in [2.24, 2.45) is 34.5 Å². The van der Waals surface area contributed by atoms with Crippen LogP contribution in [0.1, 0.15) is 73.1 Å². The van der Waals surface area contributed by atoms with Crippen LogP contribution in [0.2, 0.25) is 0 Å². The maximum absolute atomic E-state index is 13.3. The number of allylic oxidation sites excluding steroid dienone is 2. The summed E-state index contributed by atoms with van der Waals surface area (Å²) in [5.74, 6) is 0.966. The van der Waals surface area contributed by atoms with Gasteiger partial charge in [0.25, 0.3) is 0 Å². The highest BCUT2D eigenvalue weighted by atomic mass is 16.6. The lowest BCUT2D eigenvalue weighted by Gasteiger charge is -2.59. The Labute approximate surface area is 185 Å². The highest BCUT2D eigenvalue weighted by molar-refractivity contribution is 5.92. The Morgan fingerprint density at radius 2 is 1.81 bits per heavy atom. The Kier molecular flexibility index (Phi) is 5.30. The summed E-state index contributed by atoms with van der Waals surface area (Å²) in [5, 5.41) is 0. The van der Waals surface area contributed by atoms with E-state index in [0.717, 1.165) is 37.8 Å². The number of likely N-dealkylation sites (tertiary alicyclic amines) is 1. The van der Waals surface area contributed by atoms with Crippen LogP contribution in [-0.2, 0) is 19.1 Å². The third-order valence-electron chi connectivity index (χ3n) is 8.81. The molecule has 4 unspecified atom stereocenters. The zero-order valence-electron chi connectivity index (χ0n) is 19.8. The predicted molar refractivity (Wildman–Crippen MR) is 116 cm³/mol. The molecule has 2 saturated carbocycles. The first-order chi connectivity index (χ1) is 14.4. The fourth-order valence-corrected chi connectivity index (χ4v) is 7.32. The summed E-state index contributed by atoms with van der Waals surface area (Å²) >= 11 is 0. The van der Waals surface area contributed by atoms with Gasteiger partial charge in [0, 0.05) is 30.2 Å². The molecular formula is C25H37NO5. The summed E-state index contributed by atoms with van der Waals surface area (Å²) in [6.07, 6.45) is 6.45. The number of carbonyl (C=O) groups is 3. The third-order valence-corrected chi connectivity index (χ3v) is 8.81. The van der Waals surface area contributed by atoms with Gasteiger partial charge in [-0.3, -0.25) is 14.5 Å². The van der Waals surface area contributed by atoms with Crippen molar-refractivity contribution >= 4 is 17.8 Å². The van der Waals surface area contributed by atoms with E-state index in [9.17, 15) is 14.4 Å². The number of ether oxygens (including phenoxy) is 2.